The second-order valence-electron chi connectivity index (χ2n) is 6.83. The molecule has 0 aromatic heterocycles. The molecule has 1 aliphatic heterocycles. The van der Waals surface area contributed by atoms with Crippen LogP contribution in [0, 0.1) is 0 Å². The molecule has 3 heteroatoms. The Bertz CT molecular complexity index is 323. The van der Waals surface area contributed by atoms with Gasteiger partial charge in [0.25, 0.3) is 0 Å². The molecule has 3 nitrogen and oxygen atoms in total. The summed E-state index contributed by atoms with van der Waals surface area (Å²) < 4.78 is 0. The first-order valence-corrected chi connectivity index (χ1v) is 9.86. The van der Waals surface area contributed by atoms with Crippen LogP contribution in [0.2, 0.25) is 0 Å². The predicted octanol–water partition coefficient (Wildman–Crippen LogP) is 5.25. The summed E-state index contributed by atoms with van der Waals surface area (Å²) in [5, 5.41) is 3.39. The Morgan fingerprint density at radius 3 is 2.22 bits per heavy atom. The Balaban J connectivity index is 1.82. The number of unbranched alkanes of at least 4 members (excludes halogenated alkanes) is 9. The van der Waals surface area contributed by atoms with Gasteiger partial charge in [0.05, 0.1) is 12.3 Å². The topological polar surface area (TPSA) is 41.3 Å². The lowest BCUT2D eigenvalue weighted by atomic mass is 10.0. The Morgan fingerprint density at radius 1 is 1.00 bits per heavy atom. The SMILES string of the molecule is CC/C=C/CCCCCCCCCCCC1NC=CN1C(C)N. The van der Waals surface area contributed by atoms with E-state index in [9.17, 15) is 0 Å². The van der Waals surface area contributed by atoms with Gasteiger partial charge < -0.3 is 16.0 Å². The van der Waals surface area contributed by atoms with Gasteiger partial charge in [-0.3, -0.25) is 0 Å². The van der Waals surface area contributed by atoms with Crippen LogP contribution in [-0.2, 0) is 0 Å². The van der Waals surface area contributed by atoms with Gasteiger partial charge in [0.2, 0.25) is 0 Å². The maximum Gasteiger partial charge on any atom is 0.0995 e. The molecular weight excluding hydrogens is 282 g/mol. The molecule has 0 spiro atoms. The largest absolute Gasteiger partial charge is 0.370 e. The normalized spacial score (nSPS) is 18.7. The Morgan fingerprint density at radius 2 is 1.61 bits per heavy atom. The van der Waals surface area contributed by atoms with Crippen molar-refractivity contribution in [3.05, 3.63) is 24.6 Å². The van der Waals surface area contributed by atoms with Crippen LogP contribution in [0.1, 0.15) is 90.9 Å². The summed E-state index contributed by atoms with van der Waals surface area (Å²) in [7, 11) is 0. The second kappa shape index (κ2) is 13.5. The molecular formula is C20H39N3. The Hall–Kier alpha value is -0.960. The number of allylic oxidation sites excluding steroid dienone is 2. The molecule has 0 saturated heterocycles. The van der Waals surface area contributed by atoms with E-state index in [1.54, 1.807) is 0 Å². The van der Waals surface area contributed by atoms with Crippen LogP contribution < -0.4 is 11.1 Å². The van der Waals surface area contributed by atoms with Crippen molar-refractivity contribution in [2.24, 2.45) is 5.73 Å². The number of nitrogens with one attached hydrogen (secondary N) is 1. The summed E-state index contributed by atoms with van der Waals surface area (Å²) in [5.41, 5.74) is 5.96. The molecule has 2 unspecified atom stereocenters. The first-order chi connectivity index (χ1) is 11.3. The smallest absolute Gasteiger partial charge is 0.0995 e. The van der Waals surface area contributed by atoms with E-state index >= 15 is 0 Å². The van der Waals surface area contributed by atoms with Crippen LogP contribution in [-0.4, -0.2) is 17.2 Å². The van der Waals surface area contributed by atoms with Crippen LogP contribution in [0.3, 0.4) is 0 Å². The summed E-state index contributed by atoms with van der Waals surface area (Å²) >= 11 is 0. The molecule has 0 fully saturated rings. The molecule has 1 rings (SSSR count). The standard InChI is InChI=1S/C20H39N3/c1-3-4-5-6-7-8-9-10-11-12-13-14-15-16-20-22-17-18-23(20)19(2)21/h4-5,17-20,22H,3,6-16,21H2,1-2H3/b5-4+. The van der Waals surface area contributed by atoms with Gasteiger partial charge in [0.15, 0.2) is 0 Å². The molecule has 3 N–H and O–H groups in total. The fourth-order valence-corrected chi connectivity index (χ4v) is 3.20. The van der Waals surface area contributed by atoms with Crippen molar-refractivity contribution < 1.29 is 0 Å². The summed E-state index contributed by atoms with van der Waals surface area (Å²) in [6, 6.07) is 0. The van der Waals surface area contributed by atoms with Crippen LogP contribution in [0.4, 0.5) is 0 Å². The lowest BCUT2D eigenvalue weighted by Gasteiger charge is -2.28. The molecule has 0 radical (unpaired) electrons. The molecule has 0 amide bonds. The van der Waals surface area contributed by atoms with E-state index in [4.69, 9.17) is 5.73 Å². The maximum atomic E-state index is 5.96. The zero-order valence-electron chi connectivity index (χ0n) is 15.5. The zero-order valence-corrected chi connectivity index (χ0v) is 15.5. The molecule has 0 aliphatic carbocycles. The minimum absolute atomic E-state index is 0.101. The van der Waals surface area contributed by atoms with Gasteiger partial charge >= 0.3 is 0 Å². The van der Waals surface area contributed by atoms with Gasteiger partial charge in [-0.05, 0) is 39.0 Å². The van der Waals surface area contributed by atoms with Gasteiger partial charge in [-0.25, -0.2) is 0 Å². The average Bonchev–Trinajstić information content (AvgIpc) is 3.00. The first-order valence-electron chi connectivity index (χ1n) is 9.86. The number of rotatable bonds is 14. The molecule has 23 heavy (non-hydrogen) atoms. The van der Waals surface area contributed by atoms with E-state index in [-0.39, 0.29) is 6.17 Å². The number of nitrogens with two attached hydrogens (primary N) is 1. The van der Waals surface area contributed by atoms with Crippen molar-refractivity contribution in [1.82, 2.24) is 10.2 Å². The number of hydrogen-bond donors (Lipinski definition) is 2. The van der Waals surface area contributed by atoms with Gasteiger partial charge in [-0.2, -0.15) is 0 Å². The molecule has 0 aromatic carbocycles. The summed E-state index contributed by atoms with van der Waals surface area (Å²) in [4.78, 5) is 2.22. The van der Waals surface area contributed by atoms with Crippen LogP contribution in [0.25, 0.3) is 0 Å². The molecule has 0 bridgehead atoms. The maximum absolute atomic E-state index is 5.96. The fourth-order valence-electron chi connectivity index (χ4n) is 3.20. The van der Waals surface area contributed by atoms with Crippen molar-refractivity contribution in [3.63, 3.8) is 0 Å². The molecule has 0 saturated carbocycles. The third-order valence-electron chi connectivity index (χ3n) is 4.62. The molecule has 0 aromatic rings. The molecule has 2 atom stereocenters. The second-order valence-corrected chi connectivity index (χ2v) is 6.83. The third-order valence-corrected chi connectivity index (χ3v) is 4.62. The highest BCUT2D eigenvalue weighted by Gasteiger charge is 2.20. The van der Waals surface area contributed by atoms with Crippen LogP contribution >= 0.6 is 0 Å². The van der Waals surface area contributed by atoms with Crippen molar-refractivity contribution >= 4 is 0 Å². The van der Waals surface area contributed by atoms with E-state index in [0.717, 1.165) is 0 Å². The van der Waals surface area contributed by atoms with Crippen molar-refractivity contribution in [2.75, 3.05) is 0 Å². The molecule has 134 valence electrons. The van der Waals surface area contributed by atoms with Crippen LogP contribution in [0.15, 0.2) is 24.6 Å². The summed E-state index contributed by atoms with van der Waals surface area (Å²) in [6.45, 7) is 4.25. The molecule has 1 aliphatic rings. The third kappa shape index (κ3) is 9.70. The summed E-state index contributed by atoms with van der Waals surface area (Å²) in [6.07, 6.45) is 25.3. The average molecular weight is 322 g/mol. The van der Waals surface area contributed by atoms with Crippen molar-refractivity contribution in [1.29, 1.82) is 0 Å². The quantitative estimate of drug-likeness (QED) is 0.339. The van der Waals surface area contributed by atoms with Crippen molar-refractivity contribution in [2.45, 2.75) is 103 Å². The van der Waals surface area contributed by atoms with E-state index in [1.165, 1.54) is 77.0 Å². The van der Waals surface area contributed by atoms with E-state index in [0.29, 0.717) is 6.17 Å². The van der Waals surface area contributed by atoms with Crippen LogP contribution in [0.5, 0.6) is 0 Å². The van der Waals surface area contributed by atoms with Gasteiger partial charge in [0.1, 0.15) is 0 Å². The Kier molecular flexibility index (Phi) is 11.8. The highest BCUT2D eigenvalue weighted by molar-refractivity contribution is 4.95. The summed E-state index contributed by atoms with van der Waals surface area (Å²) in [5.74, 6) is 0. The van der Waals surface area contributed by atoms with E-state index < -0.39 is 0 Å². The first kappa shape index (κ1) is 20.1. The monoisotopic (exact) mass is 321 g/mol. The molecule has 1 heterocycles. The lowest BCUT2D eigenvalue weighted by Crippen LogP contribution is -2.44. The fraction of sp³-hybridized carbons (Fsp3) is 0.800. The lowest BCUT2D eigenvalue weighted by molar-refractivity contribution is 0.208. The number of hydrogen-bond acceptors (Lipinski definition) is 3. The van der Waals surface area contributed by atoms with E-state index in [2.05, 4.69) is 35.5 Å². The number of nitrogens with zero attached hydrogens (tertiary/aromatic N) is 1. The zero-order chi connectivity index (χ0) is 16.8. The highest BCUT2D eigenvalue weighted by atomic mass is 15.3. The van der Waals surface area contributed by atoms with Gasteiger partial charge in [-0.1, -0.05) is 64.0 Å². The minimum atomic E-state index is 0.101. The van der Waals surface area contributed by atoms with E-state index in [1.807, 2.05) is 13.1 Å². The highest BCUT2D eigenvalue weighted by Crippen LogP contribution is 2.16. The van der Waals surface area contributed by atoms with Crippen molar-refractivity contribution in [3.8, 4) is 0 Å². The minimum Gasteiger partial charge on any atom is -0.370 e. The van der Waals surface area contributed by atoms with Gasteiger partial charge in [0, 0.05) is 12.4 Å². The predicted molar refractivity (Wildman–Crippen MR) is 102 cm³/mol. The van der Waals surface area contributed by atoms with Gasteiger partial charge in [-0.15, -0.1) is 0 Å². The Labute approximate surface area is 144 Å².